The highest BCUT2D eigenvalue weighted by Gasteiger charge is 2.34. The molecule has 2 atom stereocenters. The Morgan fingerprint density at radius 3 is 2.00 bits per heavy atom. The number of nitrogens with one attached hydrogen (secondary N) is 1. The van der Waals surface area contributed by atoms with Crippen molar-refractivity contribution in [2.45, 2.75) is 57.1 Å². The SMILES string of the molecule is CC[C@H](C)NC(=O)[C@H](CC)N(Cc1ccc(Cl)c(Cl)c1)C(=O)CN(c1ccc(Oc2ccccc2)cc1)S(=O)(=O)c1ccccc1. The van der Waals surface area contributed by atoms with Crippen molar-refractivity contribution in [3.63, 3.8) is 0 Å². The van der Waals surface area contributed by atoms with Crippen LogP contribution < -0.4 is 14.4 Å². The zero-order valence-electron chi connectivity index (χ0n) is 25.9. The van der Waals surface area contributed by atoms with Crippen LogP contribution in [-0.4, -0.2) is 43.8 Å². The molecule has 4 rings (SSSR count). The lowest BCUT2D eigenvalue weighted by atomic mass is 10.1. The van der Waals surface area contributed by atoms with Crippen LogP contribution in [0.1, 0.15) is 39.2 Å². The molecule has 0 aromatic heterocycles. The Balaban J connectivity index is 1.72. The van der Waals surface area contributed by atoms with Crippen molar-refractivity contribution < 1.29 is 22.7 Å². The second-order valence-corrected chi connectivity index (χ2v) is 13.4. The number of halogens is 2. The third kappa shape index (κ3) is 8.81. The summed E-state index contributed by atoms with van der Waals surface area (Å²) in [7, 11) is -4.21. The van der Waals surface area contributed by atoms with Gasteiger partial charge in [0.15, 0.2) is 0 Å². The molecule has 0 unspecified atom stereocenters. The van der Waals surface area contributed by atoms with E-state index < -0.39 is 28.5 Å². The molecule has 4 aromatic rings. The third-order valence-corrected chi connectivity index (χ3v) is 9.96. The average Bonchev–Trinajstić information content (AvgIpc) is 3.06. The Labute approximate surface area is 280 Å². The van der Waals surface area contributed by atoms with E-state index in [1.54, 1.807) is 67.6 Å². The molecule has 0 heterocycles. The lowest BCUT2D eigenvalue weighted by molar-refractivity contribution is -0.140. The van der Waals surface area contributed by atoms with Gasteiger partial charge in [-0.25, -0.2) is 8.42 Å². The normalized spacial score (nSPS) is 12.5. The first-order chi connectivity index (χ1) is 22.0. The maximum absolute atomic E-state index is 14.3. The van der Waals surface area contributed by atoms with E-state index in [1.807, 2.05) is 44.2 Å². The molecule has 4 aromatic carbocycles. The monoisotopic (exact) mass is 681 g/mol. The van der Waals surface area contributed by atoms with E-state index >= 15 is 0 Å². The van der Waals surface area contributed by atoms with Crippen LogP contribution in [0.15, 0.2) is 108 Å². The molecule has 2 amide bonds. The van der Waals surface area contributed by atoms with Gasteiger partial charge in [-0.3, -0.25) is 13.9 Å². The minimum Gasteiger partial charge on any atom is -0.457 e. The summed E-state index contributed by atoms with van der Waals surface area (Å²) in [5, 5.41) is 3.62. The molecular formula is C35H37Cl2N3O5S. The first-order valence-corrected chi connectivity index (χ1v) is 17.2. The Hall–Kier alpha value is -4.05. The molecule has 0 saturated carbocycles. The number of nitrogens with zero attached hydrogens (tertiary/aromatic N) is 2. The van der Waals surface area contributed by atoms with Crippen LogP contribution in [0.2, 0.25) is 10.0 Å². The van der Waals surface area contributed by atoms with E-state index in [2.05, 4.69) is 5.32 Å². The van der Waals surface area contributed by atoms with Gasteiger partial charge in [0.05, 0.1) is 20.6 Å². The van der Waals surface area contributed by atoms with E-state index in [1.165, 1.54) is 17.0 Å². The molecule has 0 aliphatic heterocycles. The van der Waals surface area contributed by atoms with Crippen molar-refractivity contribution in [1.82, 2.24) is 10.2 Å². The van der Waals surface area contributed by atoms with Crippen molar-refractivity contribution in [3.05, 3.63) is 119 Å². The molecule has 0 fully saturated rings. The maximum atomic E-state index is 14.3. The number of rotatable bonds is 14. The van der Waals surface area contributed by atoms with Gasteiger partial charge in [-0.05, 0) is 86.0 Å². The molecule has 242 valence electrons. The fourth-order valence-electron chi connectivity index (χ4n) is 4.75. The summed E-state index contributed by atoms with van der Waals surface area (Å²) in [6, 6.07) is 27.5. The van der Waals surface area contributed by atoms with Gasteiger partial charge in [0.2, 0.25) is 11.8 Å². The zero-order chi connectivity index (χ0) is 33.3. The first-order valence-electron chi connectivity index (χ1n) is 15.0. The number of carbonyl (C=O) groups is 2. The van der Waals surface area contributed by atoms with E-state index in [-0.39, 0.29) is 29.1 Å². The minimum atomic E-state index is -4.21. The number of para-hydroxylation sites is 1. The maximum Gasteiger partial charge on any atom is 0.264 e. The lowest BCUT2D eigenvalue weighted by Gasteiger charge is -2.33. The summed E-state index contributed by atoms with van der Waals surface area (Å²) in [6.07, 6.45) is 1.00. The van der Waals surface area contributed by atoms with Gasteiger partial charge in [-0.1, -0.05) is 79.5 Å². The molecule has 0 aliphatic rings. The number of hydrogen-bond acceptors (Lipinski definition) is 5. The van der Waals surface area contributed by atoms with Crippen LogP contribution in [0.25, 0.3) is 0 Å². The van der Waals surface area contributed by atoms with Gasteiger partial charge in [0, 0.05) is 12.6 Å². The number of benzene rings is 4. The summed E-state index contributed by atoms with van der Waals surface area (Å²) in [4.78, 5) is 29.2. The number of amides is 2. The van der Waals surface area contributed by atoms with Crippen LogP contribution in [0, 0.1) is 0 Å². The van der Waals surface area contributed by atoms with Gasteiger partial charge in [0.25, 0.3) is 10.0 Å². The summed E-state index contributed by atoms with van der Waals surface area (Å²) < 4.78 is 35.1. The second-order valence-electron chi connectivity index (χ2n) is 10.7. The smallest absolute Gasteiger partial charge is 0.264 e. The van der Waals surface area contributed by atoms with Gasteiger partial charge in [-0.15, -0.1) is 0 Å². The van der Waals surface area contributed by atoms with Crippen molar-refractivity contribution in [2.24, 2.45) is 0 Å². The van der Waals surface area contributed by atoms with Crippen LogP contribution >= 0.6 is 23.2 Å². The van der Waals surface area contributed by atoms with Gasteiger partial charge >= 0.3 is 0 Å². The van der Waals surface area contributed by atoms with Crippen molar-refractivity contribution in [3.8, 4) is 11.5 Å². The summed E-state index contributed by atoms with van der Waals surface area (Å²) in [5.74, 6) is 0.220. The first kappa shape index (κ1) is 34.8. The summed E-state index contributed by atoms with van der Waals surface area (Å²) in [5.41, 5.74) is 0.890. The van der Waals surface area contributed by atoms with Gasteiger partial charge < -0.3 is 15.0 Å². The predicted molar refractivity (Wildman–Crippen MR) is 183 cm³/mol. The van der Waals surface area contributed by atoms with E-state index in [0.717, 1.165) is 4.31 Å². The second kappa shape index (κ2) is 16.0. The minimum absolute atomic E-state index is 0.00519. The van der Waals surface area contributed by atoms with Gasteiger partial charge in [0.1, 0.15) is 24.1 Å². The van der Waals surface area contributed by atoms with E-state index in [9.17, 15) is 18.0 Å². The van der Waals surface area contributed by atoms with Crippen molar-refractivity contribution >= 4 is 50.7 Å². The topological polar surface area (TPSA) is 96.0 Å². The lowest BCUT2D eigenvalue weighted by Crippen LogP contribution is -2.53. The Kier molecular flexibility index (Phi) is 12.1. The molecule has 8 nitrogen and oxygen atoms in total. The number of hydrogen-bond donors (Lipinski definition) is 1. The largest absolute Gasteiger partial charge is 0.457 e. The Morgan fingerprint density at radius 2 is 1.41 bits per heavy atom. The molecule has 46 heavy (non-hydrogen) atoms. The average molecular weight is 683 g/mol. The zero-order valence-corrected chi connectivity index (χ0v) is 28.2. The van der Waals surface area contributed by atoms with Crippen molar-refractivity contribution in [2.75, 3.05) is 10.8 Å². The van der Waals surface area contributed by atoms with E-state index in [0.29, 0.717) is 39.9 Å². The summed E-state index contributed by atoms with van der Waals surface area (Å²) in [6.45, 7) is 5.08. The Bertz CT molecular complexity index is 1720. The molecule has 0 bridgehead atoms. The fourth-order valence-corrected chi connectivity index (χ4v) is 6.50. The molecule has 11 heteroatoms. The van der Waals surface area contributed by atoms with Crippen LogP contribution in [0.4, 0.5) is 5.69 Å². The summed E-state index contributed by atoms with van der Waals surface area (Å²) >= 11 is 12.4. The van der Waals surface area contributed by atoms with E-state index in [4.69, 9.17) is 27.9 Å². The molecule has 1 N–H and O–H groups in total. The number of carbonyl (C=O) groups excluding carboxylic acids is 2. The van der Waals surface area contributed by atoms with Crippen LogP contribution in [0.3, 0.4) is 0 Å². The highest BCUT2D eigenvalue weighted by molar-refractivity contribution is 7.92. The molecule has 0 aliphatic carbocycles. The highest BCUT2D eigenvalue weighted by Crippen LogP contribution is 2.29. The van der Waals surface area contributed by atoms with Gasteiger partial charge in [-0.2, -0.15) is 0 Å². The molecule has 0 spiro atoms. The number of sulfonamides is 1. The van der Waals surface area contributed by atoms with Crippen molar-refractivity contribution in [1.29, 1.82) is 0 Å². The predicted octanol–water partition coefficient (Wildman–Crippen LogP) is 7.70. The van der Waals surface area contributed by atoms with Crippen LogP contribution in [-0.2, 0) is 26.2 Å². The Morgan fingerprint density at radius 1 is 0.804 bits per heavy atom. The molecular weight excluding hydrogens is 645 g/mol. The standard InChI is InChI=1S/C35H37Cl2N3O5S/c1-4-25(3)38-35(42)33(5-2)39(23-26-16-21-31(36)32(37)22-26)34(41)24-40(46(43,44)30-14-10-7-11-15-30)27-17-19-29(20-18-27)45-28-12-8-6-9-13-28/h6-22,25,33H,4-5,23-24H2,1-3H3,(H,38,42)/t25-,33-/m0/s1. The number of ether oxygens (including phenoxy) is 1. The third-order valence-electron chi connectivity index (χ3n) is 7.44. The molecule has 0 saturated heterocycles. The highest BCUT2D eigenvalue weighted by atomic mass is 35.5. The quantitative estimate of drug-likeness (QED) is 0.147. The number of anilines is 1. The fraction of sp³-hybridized carbons (Fsp3) is 0.257. The van der Waals surface area contributed by atoms with Crippen LogP contribution in [0.5, 0.6) is 11.5 Å². The molecule has 0 radical (unpaired) electrons.